The van der Waals surface area contributed by atoms with Gasteiger partial charge in [-0.1, -0.05) is 50.2 Å². The lowest BCUT2D eigenvalue weighted by Crippen LogP contribution is -2.45. The predicted molar refractivity (Wildman–Crippen MR) is 134 cm³/mol. The Balaban J connectivity index is 0.00000240. The maximum absolute atomic E-state index is 6.11. The first-order valence-electron chi connectivity index (χ1n) is 11.1. The monoisotopic (exact) mass is 468 g/mol. The van der Waals surface area contributed by atoms with Gasteiger partial charge in [0.15, 0.2) is 11.5 Å². The molecule has 1 N–H and O–H groups in total. The van der Waals surface area contributed by atoms with Crippen molar-refractivity contribution in [1.82, 2.24) is 10.2 Å². The molecule has 0 radical (unpaired) electrons. The first-order chi connectivity index (χ1) is 14.2. The highest BCUT2D eigenvalue weighted by atomic mass is 35.5. The van der Waals surface area contributed by atoms with Gasteiger partial charge in [-0.05, 0) is 48.9 Å². The largest absolute Gasteiger partial charge is 0.490 e. The van der Waals surface area contributed by atoms with Crippen LogP contribution in [0.4, 0.5) is 0 Å². The summed E-state index contributed by atoms with van der Waals surface area (Å²) in [4.78, 5) is 2.62. The van der Waals surface area contributed by atoms with Crippen LogP contribution < -0.4 is 14.8 Å². The van der Waals surface area contributed by atoms with E-state index in [1.54, 1.807) is 0 Å². The molecule has 1 aliphatic rings. The summed E-state index contributed by atoms with van der Waals surface area (Å²) in [6, 6.07) is 17.2. The van der Waals surface area contributed by atoms with Crippen molar-refractivity contribution in [3.8, 4) is 11.5 Å². The van der Waals surface area contributed by atoms with Gasteiger partial charge in [-0.15, -0.1) is 24.8 Å². The maximum Gasteiger partial charge on any atom is 0.161 e. The molecule has 1 saturated heterocycles. The molecule has 0 aromatic heterocycles. The van der Waals surface area contributed by atoms with Crippen LogP contribution in [0, 0.1) is 5.92 Å². The molecule has 0 unspecified atom stereocenters. The Morgan fingerprint density at radius 1 is 0.903 bits per heavy atom. The number of ether oxygens (including phenoxy) is 2. The molecule has 2 aromatic rings. The van der Waals surface area contributed by atoms with E-state index in [-0.39, 0.29) is 24.8 Å². The van der Waals surface area contributed by atoms with Crippen molar-refractivity contribution in [2.45, 2.75) is 46.3 Å². The zero-order chi connectivity index (χ0) is 20.5. The van der Waals surface area contributed by atoms with Crippen LogP contribution in [0.25, 0.3) is 0 Å². The van der Waals surface area contributed by atoms with Gasteiger partial charge < -0.3 is 14.8 Å². The van der Waals surface area contributed by atoms with Crippen molar-refractivity contribution in [3.63, 3.8) is 0 Å². The number of rotatable bonds is 10. The van der Waals surface area contributed by atoms with Gasteiger partial charge in [0.2, 0.25) is 0 Å². The zero-order valence-corrected chi connectivity index (χ0v) is 20.6. The van der Waals surface area contributed by atoms with Crippen molar-refractivity contribution in [1.29, 1.82) is 0 Å². The molecule has 1 heterocycles. The molecular formula is C25H38Cl2N2O2. The Morgan fingerprint density at radius 3 is 2.26 bits per heavy atom. The number of piperazine rings is 1. The minimum Gasteiger partial charge on any atom is -0.490 e. The maximum atomic E-state index is 6.11. The quantitative estimate of drug-likeness (QED) is 0.471. The Kier molecular flexibility index (Phi) is 13.0. The van der Waals surface area contributed by atoms with Gasteiger partial charge in [-0.25, -0.2) is 0 Å². The lowest BCUT2D eigenvalue weighted by Gasteiger charge is -2.36. The normalized spacial score (nSPS) is 15.0. The van der Waals surface area contributed by atoms with Crippen molar-refractivity contribution in [2.24, 2.45) is 5.92 Å². The van der Waals surface area contributed by atoms with Crippen LogP contribution in [0.3, 0.4) is 0 Å². The van der Waals surface area contributed by atoms with Gasteiger partial charge in [0.05, 0.1) is 6.61 Å². The lowest BCUT2D eigenvalue weighted by atomic mass is 9.95. The van der Waals surface area contributed by atoms with Gasteiger partial charge in [-0.3, -0.25) is 4.90 Å². The van der Waals surface area contributed by atoms with Crippen LogP contribution in [0.2, 0.25) is 0 Å². The van der Waals surface area contributed by atoms with Gasteiger partial charge in [0, 0.05) is 32.2 Å². The third-order valence-electron chi connectivity index (χ3n) is 5.50. The summed E-state index contributed by atoms with van der Waals surface area (Å²) in [7, 11) is 0. The van der Waals surface area contributed by atoms with Crippen molar-refractivity contribution >= 4 is 24.8 Å². The molecule has 1 fully saturated rings. The van der Waals surface area contributed by atoms with Crippen molar-refractivity contribution < 1.29 is 9.47 Å². The molecule has 6 heteroatoms. The third kappa shape index (κ3) is 8.53. The second-order valence-corrected chi connectivity index (χ2v) is 8.19. The van der Waals surface area contributed by atoms with E-state index in [2.05, 4.69) is 54.4 Å². The van der Waals surface area contributed by atoms with E-state index >= 15 is 0 Å². The predicted octanol–water partition coefficient (Wildman–Crippen LogP) is 5.89. The average molecular weight is 469 g/mol. The fourth-order valence-corrected chi connectivity index (χ4v) is 3.90. The summed E-state index contributed by atoms with van der Waals surface area (Å²) >= 11 is 0. The van der Waals surface area contributed by atoms with Crippen molar-refractivity contribution in [3.05, 3.63) is 59.7 Å². The average Bonchev–Trinajstić information content (AvgIpc) is 2.75. The molecular weight excluding hydrogens is 431 g/mol. The Morgan fingerprint density at radius 2 is 1.61 bits per heavy atom. The second kappa shape index (κ2) is 14.6. The molecule has 0 spiro atoms. The van der Waals surface area contributed by atoms with Crippen LogP contribution in [-0.2, 0) is 6.61 Å². The molecule has 0 amide bonds. The van der Waals surface area contributed by atoms with E-state index in [1.165, 1.54) is 18.4 Å². The van der Waals surface area contributed by atoms with E-state index in [4.69, 9.17) is 9.47 Å². The fraction of sp³-hybridized carbons (Fsp3) is 0.520. The second-order valence-electron chi connectivity index (χ2n) is 8.19. The lowest BCUT2D eigenvalue weighted by molar-refractivity contribution is 0.159. The summed E-state index contributed by atoms with van der Waals surface area (Å²) in [6.07, 6.45) is 2.40. The number of halogens is 2. The minimum absolute atomic E-state index is 0. The van der Waals surface area contributed by atoms with Crippen LogP contribution in [-0.4, -0.2) is 37.7 Å². The summed E-state index contributed by atoms with van der Waals surface area (Å²) in [5, 5.41) is 3.47. The molecule has 0 saturated carbocycles. The molecule has 3 rings (SSSR count). The number of nitrogens with zero attached hydrogens (tertiary/aromatic N) is 1. The van der Waals surface area contributed by atoms with Gasteiger partial charge in [0.25, 0.3) is 0 Å². The van der Waals surface area contributed by atoms with Gasteiger partial charge in [-0.2, -0.15) is 0 Å². The summed E-state index contributed by atoms with van der Waals surface area (Å²) in [5.74, 6) is 2.38. The van der Waals surface area contributed by atoms with Crippen LogP contribution >= 0.6 is 24.8 Å². The first-order valence-corrected chi connectivity index (χ1v) is 11.1. The number of benzene rings is 2. The third-order valence-corrected chi connectivity index (χ3v) is 5.50. The Hall–Kier alpha value is -1.46. The molecule has 2 aromatic carbocycles. The topological polar surface area (TPSA) is 33.7 Å². The van der Waals surface area contributed by atoms with Crippen LogP contribution in [0.1, 0.15) is 50.8 Å². The molecule has 31 heavy (non-hydrogen) atoms. The van der Waals surface area contributed by atoms with E-state index in [0.717, 1.165) is 43.2 Å². The first kappa shape index (κ1) is 27.6. The van der Waals surface area contributed by atoms with E-state index < -0.39 is 0 Å². The summed E-state index contributed by atoms with van der Waals surface area (Å²) in [5.41, 5.74) is 2.50. The summed E-state index contributed by atoms with van der Waals surface area (Å²) < 4.78 is 12.1. The highest BCUT2D eigenvalue weighted by molar-refractivity contribution is 5.85. The highest BCUT2D eigenvalue weighted by Crippen LogP contribution is 2.35. The standard InChI is InChI=1S/C25H36N2O2.2ClH/c1-4-28-25-18-22(11-13-24(25)29-19-21-8-6-5-7-9-21)23(12-10-20(2)3)27-16-14-26-15-17-27;;/h5-9,11,13,18,20,23,26H,4,10,12,14-17,19H2,1-3H3;2*1H/t23-;;/m0../s1. The molecule has 4 nitrogen and oxygen atoms in total. The zero-order valence-electron chi connectivity index (χ0n) is 19.0. The summed E-state index contributed by atoms with van der Waals surface area (Å²) in [6.45, 7) is 12.1. The minimum atomic E-state index is 0. The number of nitrogens with one attached hydrogen (secondary N) is 1. The molecule has 0 bridgehead atoms. The SMILES string of the molecule is CCOc1cc([C@H](CCC(C)C)N2CCNCC2)ccc1OCc1ccccc1.Cl.Cl. The van der Waals surface area contributed by atoms with Crippen LogP contribution in [0.5, 0.6) is 11.5 Å². The van der Waals surface area contributed by atoms with E-state index in [1.807, 2.05) is 25.1 Å². The fourth-order valence-electron chi connectivity index (χ4n) is 3.90. The Bertz CT molecular complexity index is 738. The molecule has 1 aliphatic heterocycles. The van der Waals surface area contributed by atoms with Crippen LogP contribution in [0.15, 0.2) is 48.5 Å². The van der Waals surface area contributed by atoms with E-state index in [9.17, 15) is 0 Å². The molecule has 174 valence electrons. The number of hydrogen-bond donors (Lipinski definition) is 1. The number of hydrogen-bond acceptors (Lipinski definition) is 4. The van der Waals surface area contributed by atoms with Gasteiger partial charge >= 0.3 is 0 Å². The van der Waals surface area contributed by atoms with Gasteiger partial charge in [0.1, 0.15) is 6.61 Å². The molecule has 1 atom stereocenters. The van der Waals surface area contributed by atoms with E-state index in [0.29, 0.717) is 25.2 Å². The highest BCUT2D eigenvalue weighted by Gasteiger charge is 2.23. The molecule has 0 aliphatic carbocycles. The smallest absolute Gasteiger partial charge is 0.161 e. The Labute approximate surface area is 200 Å². The van der Waals surface area contributed by atoms with Crippen molar-refractivity contribution in [2.75, 3.05) is 32.8 Å².